The van der Waals surface area contributed by atoms with Gasteiger partial charge in [-0.05, 0) is 31.3 Å². The largest absolute Gasteiger partial charge is 0.314 e. The molecular weight excluding hydrogens is 339 g/mol. The van der Waals surface area contributed by atoms with Gasteiger partial charge >= 0.3 is 0 Å². The number of rotatable bonds is 3. The van der Waals surface area contributed by atoms with Crippen molar-refractivity contribution in [2.75, 3.05) is 7.05 Å². The minimum absolute atomic E-state index is 0.308. The first-order valence-corrected chi connectivity index (χ1v) is 8.36. The smallest absolute Gasteiger partial charge is 0.135 e. The molecule has 1 aliphatic rings. The molecule has 1 aromatic heterocycles. The second kappa shape index (κ2) is 6.43. The Labute approximate surface area is 150 Å². The van der Waals surface area contributed by atoms with Gasteiger partial charge in [0.2, 0.25) is 0 Å². The number of hydrogen-bond acceptors (Lipinski definition) is 3. The van der Waals surface area contributed by atoms with Crippen LogP contribution in [0, 0.1) is 5.82 Å². The predicted octanol–water partition coefficient (Wildman–Crippen LogP) is 3.74. The second-order valence-corrected chi connectivity index (χ2v) is 6.24. The molecule has 0 bridgehead atoms. The highest BCUT2D eigenvalue weighted by Crippen LogP contribution is 2.29. The molecule has 0 saturated carbocycles. The van der Waals surface area contributed by atoms with Gasteiger partial charge in [-0.3, -0.25) is 9.56 Å². The number of aromatic nitrogens is 2. The molecule has 25 heavy (non-hydrogen) atoms. The fourth-order valence-corrected chi connectivity index (χ4v) is 3.38. The van der Waals surface area contributed by atoms with Crippen LogP contribution in [0.4, 0.5) is 4.39 Å². The molecule has 0 unspecified atom stereocenters. The van der Waals surface area contributed by atoms with Crippen molar-refractivity contribution in [1.82, 2.24) is 14.9 Å². The third-order valence-corrected chi connectivity index (χ3v) is 4.56. The molecule has 1 aliphatic heterocycles. The van der Waals surface area contributed by atoms with E-state index in [2.05, 4.69) is 10.3 Å². The minimum atomic E-state index is -0.308. The standard InChI is InChI=1S/C19H16ClFN4/c1-22-9-13-10-23-18-11-24-19(14-4-2-3-5-16(14)20)15-8-12(21)6-7-17(15)25(13)18/h2-8,10,22H,9,11H2,1H3. The topological polar surface area (TPSA) is 42.2 Å². The summed E-state index contributed by atoms with van der Waals surface area (Å²) in [5.74, 6) is 0.511. The SMILES string of the molecule is CNCc1cnc2n1-c1ccc(F)cc1C(c1ccccc1Cl)=NC2. The van der Waals surface area contributed by atoms with Crippen LogP contribution in [0.25, 0.3) is 5.69 Å². The van der Waals surface area contributed by atoms with Gasteiger partial charge in [0.15, 0.2) is 0 Å². The summed E-state index contributed by atoms with van der Waals surface area (Å²) in [6.07, 6.45) is 1.83. The van der Waals surface area contributed by atoms with E-state index in [-0.39, 0.29) is 5.82 Å². The van der Waals surface area contributed by atoms with Crippen LogP contribution < -0.4 is 5.32 Å². The number of aliphatic imine (C=N–C) groups is 1. The van der Waals surface area contributed by atoms with Gasteiger partial charge in [-0.15, -0.1) is 0 Å². The van der Waals surface area contributed by atoms with Crippen LogP contribution in [0.3, 0.4) is 0 Å². The van der Waals surface area contributed by atoms with E-state index in [1.165, 1.54) is 12.1 Å². The van der Waals surface area contributed by atoms with Crippen molar-refractivity contribution in [2.45, 2.75) is 13.1 Å². The zero-order valence-electron chi connectivity index (χ0n) is 13.6. The van der Waals surface area contributed by atoms with E-state index in [1.807, 2.05) is 42.1 Å². The molecule has 2 aromatic carbocycles. The maximum Gasteiger partial charge on any atom is 0.135 e. The van der Waals surface area contributed by atoms with Gasteiger partial charge in [0.1, 0.15) is 11.6 Å². The molecule has 126 valence electrons. The summed E-state index contributed by atoms with van der Waals surface area (Å²) in [4.78, 5) is 9.21. The highest BCUT2D eigenvalue weighted by molar-refractivity contribution is 6.35. The van der Waals surface area contributed by atoms with E-state index in [1.54, 1.807) is 6.07 Å². The molecule has 0 spiro atoms. The van der Waals surface area contributed by atoms with Crippen molar-refractivity contribution in [3.63, 3.8) is 0 Å². The van der Waals surface area contributed by atoms with Gasteiger partial charge in [0.05, 0.1) is 29.8 Å². The lowest BCUT2D eigenvalue weighted by molar-refractivity contribution is 0.626. The van der Waals surface area contributed by atoms with Gasteiger partial charge in [0, 0.05) is 22.7 Å². The van der Waals surface area contributed by atoms with Crippen molar-refractivity contribution in [2.24, 2.45) is 4.99 Å². The van der Waals surface area contributed by atoms with E-state index in [4.69, 9.17) is 16.6 Å². The molecule has 3 aromatic rings. The molecule has 0 atom stereocenters. The van der Waals surface area contributed by atoms with Gasteiger partial charge < -0.3 is 5.32 Å². The fourth-order valence-electron chi connectivity index (χ4n) is 3.15. The van der Waals surface area contributed by atoms with Crippen LogP contribution in [0.15, 0.2) is 53.7 Å². The highest BCUT2D eigenvalue weighted by atomic mass is 35.5. The first-order valence-electron chi connectivity index (χ1n) is 7.99. The van der Waals surface area contributed by atoms with Crippen molar-refractivity contribution < 1.29 is 4.39 Å². The van der Waals surface area contributed by atoms with Crippen LogP contribution in [0.1, 0.15) is 22.6 Å². The van der Waals surface area contributed by atoms with Crippen LogP contribution in [-0.2, 0) is 13.1 Å². The third-order valence-electron chi connectivity index (χ3n) is 4.23. The Bertz CT molecular complexity index is 977. The van der Waals surface area contributed by atoms with E-state index >= 15 is 0 Å². The van der Waals surface area contributed by atoms with Gasteiger partial charge in [-0.1, -0.05) is 29.8 Å². The van der Waals surface area contributed by atoms with Crippen LogP contribution >= 0.6 is 11.6 Å². The Morgan fingerprint density at radius 2 is 2.04 bits per heavy atom. The summed E-state index contributed by atoms with van der Waals surface area (Å²) < 4.78 is 16.1. The number of halogens is 2. The molecule has 4 nitrogen and oxygen atoms in total. The molecule has 0 aliphatic carbocycles. The first-order chi connectivity index (χ1) is 12.2. The van der Waals surface area contributed by atoms with Gasteiger partial charge in [-0.2, -0.15) is 0 Å². The molecule has 0 radical (unpaired) electrons. The van der Waals surface area contributed by atoms with Crippen LogP contribution in [0.5, 0.6) is 0 Å². The van der Waals surface area contributed by atoms with Gasteiger partial charge in [0.25, 0.3) is 0 Å². The molecule has 0 amide bonds. The fraction of sp³-hybridized carbons (Fsp3) is 0.158. The summed E-state index contributed by atoms with van der Waals surface area (Å²) in [5, 5.41) is 3.73. The molecule has 4 rings (SSSR count). The molecule has 1 N–H and O–H groups in total. The van der Waals surface area contributed by atoms with E-state index < -0.39 is 0 Å². The average molecular weight is 355 g/mol. The Balaban J connectivity index is 1.98. The van der Waals surface area contributed by atoms with Crippen molar-refractivity contribution in [3.05, 3.63) is 82.1 Å². The molecular formula is C19H16ClFN4. The summed E-state index contributed by atoms with van der Waals surface area (Å²) in [6.45, 7) is 1.06. The van der Waals surface area contributed by atoms with Crippen molar-refractivity contribution in [1.29, 1.82) is 0 Å². The second-order valence-electron chi connectivity index (χ2n) is 5.84. The molecule has 0 saturated heterocycles. The summed E-state index contributed by atoms with van der Waals surface area (Å²) in [6, 6.07) is 12.2. The Kier molecular flexibility index (Phi) is 4.11. The number of nitrogens with one attached hydrogen (secondary N) is 1. The summed E-state index contributed by atoms with van der Waals surface area (Å²) >= 11 is 6.38. The lowest BCUT2D eigenvalue weighted by atomic mass is 10.00. The lowest BCUT2D eigenvalue weighted by Crippen LogP contribution is -2.13. The molecule has 6 heteroatoms. The van der Waals surface area contributed by atoms with Crippen LogP contribution in [-0.4, -0.2) is 22.3 Å². The highest BCUT2D eigenvalue weighted by Gasteiger charge is 2.23. The normalized spacial score (nSPS) is 13.0. The monoisotopic (exact) mass is 354 g/mol. The average Bonchev–Trinajstić information content (AvgIpc) is 2.92. The quantitative estimate of drug-likeness (QED) is 0.778. The Hall–Kier alpha value is -2.50. The van der Waals surface area contributed by atoms with Crippen molar-refractivity contribution in [3.8, 4) is 5.69 Å². The van der Waals surface area contributed by atoms with Gasteiger partial charge in [-0.25, -0.2) is 9.37 Å². The maximum absolute atomic E-state index is 14.0. The van der Waals surface area contributed by atoms with E-state index in [0.717, 1.165) is 22.8 Å². The van der Waals surface area contributed by atoms with Crippen LogP contribution in [0.2, 0.25) is 5.02 Å². The third kappa shape index (κ3) is 2.75. The zero-order valence-corrected chi connectivity index (χ0v) is 14.4. The van der Waals surface area contributed by atoms with E-state index in [9.17, 15) is 4.39 Å². The summed E-state index contributed by atoms with van der Waals surface area (Å²) in [7, 11) is 1.88. The maximum atomic E-state index is 14.0. The number of nitrogens with zero attached hydrogens (tertiary/aromatic N) is 3. The first kappa shape index (κ1) is 16.0. The Morgan fingerprint density at radius 1 is 1.20 bits per heavy atom. The molecule has 2 heterocycles. The number of hydrogen-bond donors (Lipinski definition) is 1. The zero-order chi connectivity index (χ0) is 17.4. The number of fused-ring (bicyclic) bond motifs is 3. The lowest BCUT2D eigenvalue weighted by Gasteiger charge is -2.15. The molecule has 0 fully saturated rings. The number of imidazole rings is 1. The predicted molar refractivity (Wildman–Crippen MR) is 97.1 cm³/mol. The number of benzene rings is 2. The Morgan fingerprint density at radius 3 is 2.84 bits per heavy atom. The van der Waals surface area contributed by atoms with E-state index in [0.29, 0.717) is 29.4 Å². The minimum Gasteiger partial charge on any atom is -0.314 e. The van der Waals surface area contributed by atoms with Crippen molar-refractivity contribution >= 4 is 17.3 Å². The summed E-state index contributed by atoms with van der Waals surface area (Å²) in [5.41, 5.74) is 4.04.